The van der Waals surface area contributed by atoms with Crippen molar-refractivity contribution in [2.24, 2.45) is 5.84 Å². The maximum atomic E-state index is 6.17. The molecular formula is C16H18Cl2N2O. The number of nitrogens with two attached hydrogens (primary N) is 1. The van der Waals surface area contributed by atoms with Crippen molar-refractivity contribution in [3.8, 4) is 5.75 Å². The summed E-state index contributed by atoms with van der Waals surface area (Å²) in [5.74, 6) is 6.38. The van der Waals surface area contributed by atoms with Crippen molar-refractivity contribution in [3.63, 3.8) is 0 Å². The van der Waals surface area contributed by atoms with Gasteiger partial charge in [0.15, 0.2) is 0 Å². The normalized spacial score (nSPS) is 13.8. The third-order valence-corrected chi connectivity index (χ3v) is 3.96. The van der Waals surface area contributed by atoms with Gasteiger partial charge in [-0.05, 0) is 49.2 Å². The van der Waals surface area contributed by atoms with Crippen LogP contribution in [0.1, 0.15) is 24.1 Å². The second kappa shape index (κ2) is 7.14. The van der Waals surface area contributed by atoms with Gasteiger partial charge >= 0.3 is 0 Å². The summed E-state index contributed by atoms with van der Waals surface area (Å²) in [5, 5.41) is 1.35. The lowest BCUT2D eigenvalue weighted by Crippen LogP contribution is -2.38. The van der Waals surface area contributed by atoms with Gasteiger partial charge in [-0.15, -0.1) is 0 Å². The largest absolute Gasteiger partial charge is 0.489 e. The van der Waals surface area contributed by atoms with Crippen LogP contribution in [0, 0.1) is 6.92 Å². The number of benzene rings is 2. The Morgan fingerprint density at radius 3 is 2.52 bits per heavy atom. The number of hydrazine groups is 1. The molecule has 2 rings (SSSR count). The van der Waals surface area contributed by atoms with Crippen molar-refractivity contribution in [3.05, 3.63) is 63.6 Å². The third-order valence-electron chi connectivity index (χ3n) is 3.32. The van der Waals surface area contributed by atoms with Gasteiger partial charge in [0.1, 0.15) is 11.9 Å². The van der Waals surface area contributed by atoms with E-state index >= 15 is 0 Å². The zero-order chi connectivity index (χ0) is 15.4. The van der Waals surface area contributed by atoms with Crippen LogP contribution in [0.5, 0.6) is 5.75 Å². The molecule has 0 aliphatic heterocycles. The number of ether oxygens (including phenoxy) is 1. The van der Waals surface area contributed by atoms with Crippen LogP contribution in [-0.2, 0) is 0 Å². The SMILES string of the molecule is Cc1ccc(C(NN)C(C)Oc2cccc(Cl)c2)cc1Cl. The Hall–Kier alpha value is -1.26. The van der Waals surface area contributed by atoms with Crippen molar-refractivity contribution >= 4 is 23.2 Å². The molecule has 0 aromatic heterocycles. The minimum absolute atomic E-state index is 0.179. The Kier molecular flexibility index (Phi) is 5.48. The van der Waals surface area contributed by atoms with E-state index in [4.69, 9.17) is 33.8 Å². The van der Waals surface area contributed by atoms with Crippen LogP contribution in [-0.4, -0.2) is 6.10 Å². The van der Waals surface area contributed by atoms with Crippen molar-refractivity contribution in [1.82, 2.24) is 5.43 Å². The Balaban J connectivity index is 2.18. The maximum Gasteiger partial charge on any atom is 0.121 e. The number of rotatable bonds is 5. The summed E-state index contributed by atoms with van der Waals surface area (Å²) in [6.45, 7) is 3.90. The molecule has 112 valence electrons. The molecule has 0 aliphatic rings. The Morgan fingerprint density at radius 1 is 1.14 bits per heavy atom. The highest BCUT2D eigenvalue weighted by Crippen LogP contribution is 2.26. The van der Waals surface area contributed by atoms with Gasteiger partial charge in [0, 0.05) is 10.0 Å². The minimum Gasteiger partial charge on any atom is -0.489 e. The van der Waals surface area contributed by atoms with Crippen LogP contribution >= 0.6 is 23.2 Å². The average molecular weight is 325 g/mol. The molecule has 0 bridgehead atoms. The minimum atomic E-state index is -0.188. The van der Waals surface area contributed by atoms with Crippen LogP contribution in [0.2, 0.25) is 10.0 Å². The van der Waals surface area contributed by atoms with Crippen molar-refractivity contribution in [1.29, 1.82) is 0 Å². The first-order chi connectivity index (χ1) is 10.0. The van der Waals surface area contributed by atoms with Crippen LogP contribution < -0.4 is 16.0 Å². The maximum absolute atomic E-state index is 6.17. The van der Waals surface area contributed by atoms with Crippen LogP contribution in [0.25, 0.3) is 0 Å². The predicted molar refractivity (Wildman–Crippen MR) is 87.8 cm³/mol. The number of nitrogens with one attached hydrogen (secondary N) is 1. The molecule has 0 amide bonds. The van der Waals surface area contributed by atoms with E-state index in [1.807, 2.05) is 44.2 Å². The zero-order valence-corrected chi connectivity index (χ0v) is 13.4. The van der Waals surface area contributed by atoms with Crippen LogP contribution in [0.3, 0.4) is 0 Å². The molecule has 0 radical (unpaired) electrons. The van der Waals surface area contributed by atoms with Crippen molar-refractivity contribution < 1.29 is 4.74 Å². The summed E-state index contributed by atoms with van der Waals surface area (Å²) < 4.78 is 5.90. The Labute approximate surface area is 135 Å². The zero-order valence-electron chi connectivity index (χ0n) is 11.9. The molecule has 3 N–H and O–H groups in total. The quantitative estimate of drug-likeness (QED) is 0.637. The second-order valence-electron chi connectivity index (χ2n) is 4.93. The first-order valence-corrected chi connectivity index (χ1v) is 7.41. The Morgan fingerprint density at radius 2 is 1.90 bits per heavy atom. The molecule has 3 nitrogen and oxygen atoms in total. The number of hydrogen-bond acceptors (Lipinski definition) is 3. The van der Waals surface area contributed by atoms with E-state index in [1.54, 1.807) is 12.1 Å². The number of hydrogen-bond donors (Lipinski definition) is 2. The molecule has 0 heterocycles. The van der Waals surface area contributed by atoms with E-state index in [2.05, 4.69) is 5.43 Å². The van der Waals surface area contributed by atoms with Gasteiger partial charge in [-0.3, -0.25) is 5.84 Å². The fraction of sp³-hybridized carbons (Fsp3) is 0.250. The van der Waals surface area contributed by atoms with Gasteiger partial charge in [-0.2, -0.15) is 0 Å². The van der Waals surface area contributed by atoms with E-state index in [-0.39, 0.29) is 12.1 Å². The summed E-state index contributed by atoms with van der Waals surface area (Å²) in [4.78, 5) is 0. The van der Waals surface area contributed by atoms with Gasteiger partial charge in [-0.1, -0.05) is 41.4 Å². The molecule has 0 saturated heterocycles. The molecule has 2 aromatic rings. The van der Waals surface area contributed by atoms with E-state index in [9.17, 15) is 0 Å². The highest BCUT2D eigenvalue weighted by molar-refractivity contribution is 6.31. The lowest BCUT2D eigenvalue weighted by atomic mass is 10.0. The highest BCUT2D eigenvalue weighted by atomic mass is 35.5. The summed E-state index contributed by atoms with van der Waals surface area (Å²) >= 11 is 12.1. The summed E-state index contributed by atoms with van der Waals surface area (Å²) in [6, 6.07) is 13.0. The molecule has 2 unspecified atom stereocenters. The van der Waals surface area contributed by atoms with Gasteiger partial charge in [0.25, 0.3) is 0 Å². The highest BCUT2D eigenvalue weighted by Gasteiger charge is 2.20. The summed E-state index contributed by atoms with van der Waals surface area (Å²) in [5.41, 5.74) is 4.79. The first-order valence-electron chi connectivity index (χ1n) is 6.65. The predicted octanol–water partition coefficient (Wildman–Crippen LogP) is 4.27. The molecule has 2 atom stereocenters. The fourth-order valence-corrected chi connectivity index (χ4v) is 2.50. The third kappa shape index (κ3) is 4.11. The molecule has 0 fully saturated rings. The van der Waals surface area contributed by atoms with E-state index in [0.29, 0.717) is 15.8 Å². The van der Waals surface area contributed by atoms with E-state index in [1.165, 1.54) is 0 Å². The smallest absolute Gasteiger partial charge is 0.121 e. The summed E-state index contributed by atoms with van der Waals surface area (Å²) in [6.07, 6.45) is -0.188. The van der Waals surface area contributed by atoms with Gasteiger partial charge in [-0.25, -0.2) is 5.43 Å². The monoisotopic (exact) mass is 324 g/mol. The van der Waals surface area contributed by atoms with E-state index in [0.717, 1.165) is 11.1 Å². The fourth-order valence-electron chi connectivity index (χ4n) is 2.13. The second-order valence-corrected chi connectivity index (χ2v) is 5.78. The van der Waals surface area contributed by atoms with Crippen molar-refractivity contribution in [2.75, 3.05) is 0 Å². The standard InChI is InChI=1S/C16H18Cl2N2O/c1-10-6-7-12(8-15(10)18)16(20-19)11(2)21-14-5-3-4-13(17)9-14/h3-9,11,16,20H,19H2,1-2H3. The lowest BCUT2D eigenvalue weighted by Gasteiger charge is -2.25. The first kappa shape index (κ1) is 16.1. The lowest BCUT2D eigenvalue weighted by molar-refractivity contribution is 0.171. The average Bonchev–Trinajstić information content (AvgIpc) is 2.43. The van der Waals surface area contributed by atoms with Gasteiger partial charge in [0.05, 0.1) is 6.04 Å². The van der Waals surface area contributed by atoms with Gasteiger partial charge < -0.3 is 4.74 Å². The number of aryl methyl sites for hydroxylation is 1. The van der Waals surface area contributed by atoms with Crippen molar-refractivity contribution in [2.45, 2.75) is 26.0 Å². The number of halogens is 2. The van der Waals surface area contributed by atoms with Crippen LogP contribution in [0.4, 0.5) is 0 Å². The molecule has 2 aromatic carbocycles. The summed E-state index contributed by atoms with van der Waals surface area (Å²) in [7, 11) is 0. The molecular weight excluding hydrogens is 307 g/mol. The molecule has 5 heteroatoms. The molecule has 21 heavy (non-hydrogen) atoms. The van der Waals surface area contributed by atoms with Crippen LogP contribution in [0.15, 0.2) is 42.5 Å². The molecule has 0 spiro atoms. The van der Waals surface area contributed by atoms with Gasteiger partial charge in [0.2, 0.25) is 0 Å². The molecule has 0 saturated carbocycles. The van der Waals surface area contributed by atoms with E-state index < -0.39 is 0 Å². The topological polar surface area (TPSA) is 47.3 Å². The molecule has 0 aliphatic carbocycles. The Bertz CT molecular complexity index is 619.